The first kappa shape index (κ1) is 23.3. The van der Waals surface area contributed by atoms with E-state index in [1.54, 1.807) is 18.7 Å². The molecule has 0 amide bonds. The summed E-state index contributed by atoms with van der Waals surface area (Å²) in [5, 5.41) is 4.85. The highest BCUT2D eigenvalue weighted by atomic mass is 15.5. The van der Waals surface area contributed by atoms with Gasteiger partial charge in [-0.25, -0.2) is 30.8 Å². The fourth-order valence-electron chi connectivity index (χ4n) is 4.26. The Labute approximate surface area is 219 Å². The van der Waals surface area contributed by atoms with Crippen LogP contribution < -0.4 is 16.2 Å². The predicted octanol–water partition coefficient (Wildman–Crippen LogP) is 5.46. The summed E-state index contributed by atoms with van der Waals surface area (Å²) in [7, 11) is 0. The molecule has 1 unspecified atom stereocenters. The third-order valence-corrected chi connectivity index (χ3v) is 6.27. The minimum Gasteiger partial charge on any atom is -0.348 e. The summed E-state index contributed by atoms with van der Waals surface area (Å²) >= 11 is 0. The summed E-state index contributed by atoms with van der Waals surface area (Å²) in [6, 6.07) is 29.6. The van der Waals surface area contributed by atoms with E-state index in [4.69, 9.17) is 10.8 Å². The standard InChI is InChI=1S/C29H25N9/c1-20(21-8-4-2-5-9-21)34-28-31-17-15-27(36-28)37-19-33-25-18-22(12-13-26(25)37)24-14-16-32-29(35-24)38(30)23-10-6-3-7-11-23/h2-20H,30H2,1H3,(H,31,34,36). The van der Waals surface area contributed by atoms with Gasteiger partial charge in [0.2, 0.25) is 11.9 Å². The van der Waals surface area contributed by atoms with Gasteiger partial charge in [0.15, 0.2) is 0 Å². The topological polar surface area (TPSA) is 111 Å². The Morgan fingerprint density at radius 3 is 2.39 bits per heavy atom. The van der Waals surface area contributed by atoms with Crippen molar-refractivity contribution in [2.45, 2.75) is 13.0 Å². The minimum absolute atomic E-state index is 0.0672. The van der Waals surface area contributed by atoms with E-state index >= 15 is 0 Å². The molecule has 9 nitrogen and oxygen atoms in total. The van der Waals surface area contributed by atoms with Crippen LogP contribution in [0.15, 0.2) is 110 Å². The Morgan fingerprint density at radius 1 is 0.816 bits per heavy atom. The van der Waals surface area contributed by atoms with E-state index in [1.165, 1.54) is 5.01 Å². The number of nitrogens with zero attached hydrogens (tertiary/aromatic N) is 7. The van der Waals surface area contributed by atoms with Gasteiger partial charge in [-0.15, -0.1) is 0 Å². The van der Waals surface area contributed by atoms with Gasteiger partial charge < -0.3 is 5.32 Å². The highest BCUT2D eigenvalue weighted by molar-refractivity contribution is 5.82. The number of hydrazine groups is 1. The molecule has 0 radical (unpaired) electrons. The molecular weight excluding hydrogens is 474 g/mol. The second-order valence-electron chi connectivity index (χ2n) is 8.78. The molecule has 0 bridgehead atoms. The lowest BCUT2D eigenvalue weighted by atomic mass is 10.1. The molecule has 0 aliphatic rings. The zero-order valence-corrected chi connectivity index (χ0v) is 20.7. The number of imidazole rings is 1. The number of anilines is 3. The van der Waals surface area contributed by atoms with Crippen molar-refractivity contribution in [3.8, 4) is 17.1 Å². The molecule has 1 atom stereocenters. The second kappa shape index (κ2) is 10.1. The van der Waals surface area contributed by atoms with Crippen molar-refractivity contribution in [1.29, 1.82) is 0 Å². The Morgan fingerprint density at radius 2 is 1.58 bits per heavy atom. The lowest BCUT2D eigenvalue weighted by molar-refractivity contribution is 0.854. The second-order valence-corrected chi connectivity index (χ2v) is 8.78. The molecule has 3 heterocycles. The van der Waals surface area contributed by atoms with E-state index in [0.29, 0.717) is 11.9 Å². The number of nitrogens with one attached hydrogen (secondary N) is 1. The molecule has 38 heavy (non-hydrogen) atoms. The molecule has 9 heteroatoms. The molecule has 3 aromatic heterocycles. The zero-order chi connectivity index (χ0) is 25.9. The van der Waals surface area contributed by atoms with Crippen molar-refractivity contribution in [2.75, 3.05) is 10.3 Å². The summed E-state index contributed by atoms with van der Waals surface area (Å²) < 4.78 is 1.95. The maximum absolute atomic E-state index is 6.27. The molecule has 0 aliphatic carbocycles. The van der Waals surface area contributed by atoms with E-state index in [1.807, 2.05) is 83.4 Å². The van der Waals surface area contributed by atoms with Gasteiger partial charge in [0.05, 0.1) is 28.5 Å². The number of rotatable bonds is 7. The molecular formula is C29H25N9. The molecule has 0 aliphatic heterocycles. The first-order valence-corrected chi connectivity index (χ1v) is 12.2. The molecule has 186 valence electrons. The van der Waals surface area contributed by atoms with Gasteiger partial charge in [0.25, 0.3) is 0 Å². The van der Waals surface area contributed by atoms with Gasteiger partial charge >= 0.3 is 0 Å². The monoisotopic (exact) mass is 499 g/mol. The number of nitrogens with two attached hydrogens (primary N) is 1. The predicted molar refractivity (Wildman–Crippen MR) is 149 cm³/mol. The van der Waals surface area contributed by atoms with Gasteiger partial charge in [-0.1, -0.05) is 54.6 Å². The summed E-state index contributed by atoms with van der Waals surface area (Å²) in [6.07, 6.45) is 5.22. The fraction of sp³-hybridized carbons (Fsp3) is 0.0690. The summed E-state index contributed by atoms with van der Waals surface area (Å²) in [5.74, 6) is 7.96. The average Bonchev–Trinajstić information content (AvgIpc) is 3.41. The third-order valence-electron chi connectivity index (χ3n) is 6.27. The van der Waals surface area contributed by atoms with Crippen LogP contribution in [0.4, 0.5) is 17.6 Å². The van der Waals surface area contributed by atoms with Crippen LogP contribution in [-0.2, 0) is 0 Å². The normalized spacial score (nSPS) is 11.8. The van der Waals surface area contributed by atoms with E-state index < -0.39 is 0 Å². The first-order chi connectivity index (χ1) is 18.7. The van der Waals surface area contributed by atoms with Crippen LogP contribution in [0.5, 0.6) is 0 Å². The summed E-state index contributed by atoms with van der Waals surface area (Å²) in [4.78, 5) is 22.8. The van der Waals surface area contributed by atoms with Gasteiger partial charge in [-0.2, -0.15) is 4.98 Å². The number of hydrogen-bond acceptors (Lipinski definition) is 8. The largest absolute Gasteiger partial charge is 0.348 e. The number of hydrogen-bond donors (Lipinski definition) is 2. The third kappa shape index (κ3) is 4.65. The van der Waals surface area contributed by atoms with Crippen LogP contribution in [0.3, 0.4) is 0 Å². The average molecular weight is 500 g/mol. The zero-order valence-electron chi connectivity index (χ0n) is 20.7. The lowest BCUT2D eigenvalue weighted by Crippen LogP contribution is -2.26. The highest BCUT2D eigenvalue weighted by Crippen LogP contribution is 2.26. The van der Waals surface area contributed by atoms with Crippen molar-refractivity contribution in [1.82, 2.24) is 29.5 Å². The summed E-state index contributed by atoms with van der Waals surface area (Å²) in [6.45, 7) is 2.09. The van der Waals surface area contributed by atoms with Crippen molar-refractivity contribution < 1.29 is 0 Å². The van der Waals surface area contributed by atoms with Gasteiger partial charge in [-0.05, 0) is 48.9 Å². The van der Waals surface area contributed by atoms with Gasteiger partial charge in [-0.3, -0.25) is 4.57 Å². The van der Waals surface area contributed by atoms with Crippen molar-refractivity contribution in [3.05, 3.63) is 115 Å². The fourth-order valence-corrected chi connectivity index (χ4v) is 4.26. The first-order valence-electron chi connectivity index (χ1n) is 12.2. The van der Waals surface area contributed by atoms with Crippen LogP contribution in [0, 0.1) is 0 Å². The maximum Gasteiger partial charge on any atom is 0.245 e. The number of aromatic nitrogens is 6. The number of para-hydroxylation sites is 1. The van der Waals surface area contributed by atoms with Crippen molar-refractivity contribution >= 4 is 28.6 Å². The van der Waals surface area contributed by atoms with Crippen LogP contribution in [0.25, 0.3) is 28.1 Å². The molecule has 6 rings (SSSR count). The van der Waals surface area contributed by atoms with Crippen LogP contribution >= 0.6 is 0 Å². The molecule has 3 N–H and O–H groups in total. The molecule has 3 aromatic carbocycles. The SMILES string of the molecule is CC(Nc1nccc(-n2cnc3cc(-c4ccnc(N(N)c5ccccc5)n4)ccc32)n1)c1ccccc1. The molecule has 0 saturated carbocycles. The van der Waals surface area contributed by atoms with Crippen LogP contribution in [-0.4, -0.2) is 29.5 Å². The molecule has 6 aromatic rings. The number of fused-ring (bicyclic) bond motifs is 1. The Kier molecular flexibility index (Phi) is 6.17. The van der Waals surface area contributed by atoms with E-state index in [-0.39, 0.29) is 6.04 Å². The highest BCUT2D eigenvalue weighted by Gasteiger charge is 2.13. The van der Waals surface area contributed by atoms with E-state index in [2.05, 4.69) is 44.3 Å². The smallest absolute Gasteiger partial charge is 0.245 e. The van der Waals surface area contributed by atoms with Crippen LogP contribution in [0.1, 0.15) is 18.5 Å². The van der Waals surface area contributed by atoms with E-state index in [9.17, 15) is 0 Å². The maximum atomic E-state index is 6.27. The lowest BCUT2D eigenvalue weighted by Gasteiger charge is -2.16. The molecule has 0 spiro atoms. The quantitative estimate of drug-likeness (QED) is 0.220. The summed E-state index contributed by atoms with van der Waals surface area (Å²) in [5.41, 5.74) is 5.37. The minimum atomic E-state index is 0.0672. The Balaban J connectivity index is 1.27. The number of benzene rings is 3. The Bertz CT molecular complexity index is 1680. The van der Waals surface area contributed by atoms with Gasteiger partial charge in [0, 0.05) is 18.0 Å². The van der Waals surface area contributed by atoms with Crippen molar-refractivity contribution in [3.63, 3.8) is 0 Å². The van der Waals surface area contributed by atoms with Gasteiger partial charge in [0.1, 0.15) is 12.1 Å². The molecule has 0 saturated heterocycles. The van der Waals surface area contributed by atoms with E-state index in [0.717, 1.165) is 39.4 Å². The Hall–Kier alpha value is -5.15. The molecule has 0 fully saturated rings. The van der Waals surface area contributed by atoms with Crippen molar-refractivity contribution in [2.24, 2.45) is 5.84 Å². The van der Waals surface area contributed by atoms with Crippen LogP contribution in [0.2, 0.25) is 0 Å².